The van der Waals surface area contributed by atoms with Gasteiger partial charge in [-0.05, 0) is 35.6 Å². The lowest BCUT2D eigenvalue weighted by molar-refractivity contribution is 0.443. The summed E-state index contributed by atoms with van der Waals surface area (Å²) in [6, 6.07) is 5.42. The Kier molecular flexibility index (Phi) is 5.79. The van der Waals surface area contributed by atoms with Crippen molar-refractivity contribution >= 4 is 10.0 Å². The van der Waals surface area contributed by atoms with Crippen LogP contribution in [0.3, 0.4) is 0 Å². The van der Waals surface area contributed by atoms with Crippen LogP contribution in [0.2, 0.25) is 0 Å². The van der Waals surface area contributed by atoms with E-state index in [9.17, 15) is 8.42 Å². The molecule has 0 spiro atoms. The summed E-state index contributed by atoms with van der Waals surface area (Å²) in [6.07, 6.45) is 4.41. The van der Waals surface area contributed by atoms with Gasteiger partial charge in [0.05, 0.1) is 4.90 Å². The van der Waals surface area contributed by atoms with Gasteiger partial charge >= 0.3 is 0 Å². The summed E-state index contributed by atoms with van der Waals surface area (Å²) >= 11 is 0. The van der Waals surface area contributed by atoms with Crippen molar-refractivity contribution in [2.24, 2.45) is 5.92 Å². The Bertz CT molecular complexity index is 570. The molecule has 1 aliphatic rings. The van der Waals surface area contributed by atoms with Crippen molar-refractivity contribution < 1.29 is 8.42 Å². The summed E-state index contributed by atoms with van der Waals surface area (Å²) in [5, 5.41) is 3.23. The molecule has 0 fully saturated rings. The third-order valence-corrected chi connectivity index (χ3v) is 5.65. The molecule has 1 aromatic rings. The molecule has 0 amide bonds. The molecule has 0 radical (unpaired) electrons. The van der Waals surface area contributed by atoms with Gasteiger partial charge in [-0.25, -0.2) is 13.1 Å². The lowest BCUT2D eigenvalue weighted by Crippen LogP contribution is -2.29. The van der Waals surface area contributed by atoms with Crippen LogP contribution in [0.15, 0.2) is 23.1 Å². The van der Waals surface area contributed by atoms with Gasteiger partial charge in [0.25, 0.3) is 0 Å². The van der Waals surface area contributed by atoms with E-state index < -0.39 is 10.0 Å². The highest BCUT2D eigenvalue weighted by Crippen LogP contribution is 2.20. The fourth-order valence-corrected chi connectivity index (χ4v) is 3.86. The van der Waals surface area contributed by atoms with Crippen molar-refractivity contribution in [2.45, 2.75) is 57.5 Å². The molecule has 0 aromatic heterocycles. The zero-order valence-electron chi connectivity index (χ0n) is 13.0. The molecule has 4 nitrogen and oxygen atoms in total. The molecule has 1 aromatic carbocycles. The number of unbranched alkanes of at least 4 members (excludes halogenated alkanes) is 1. The Labute approximate surface area is 128 Å². The van der Waals surface area contributed by atoms with Crippen molar-refractivity contribution in [3.63, 3.8) is 0 Å². The SMILES string of the molecule is CCCCC(CC)CNS(=O)(=O)c1ccc2c(c1)CNC2. The fraction of sp³-hybridized carbons (Fsp3) is 0.625. The van der Waals surface area contributed by atoms with Gasteiger partial charge in [-0.3, -0.25) is 0 Å². The normalized spacial score (nSPS) is 15.9. The van der Waals surface area contributed by atoms with Gasteiger partial charge in [0.1, 0.15) is 0 Å². The van der Waals surface area contributed by atoms with Gasteiger partial charge in [-0.2, -0.15) is 0 Å². The highest BCUT2D eigenvalue weighted by atomic mass is 32.2. The zero-order chi connectivity index (χ0) is 15.3. The number of rotatable bonds is 8. The summed E-state index contributed by atoms with van der Waals surface area (Å²) in [4.78, 5) is 0.385. The van der Waals surface area contributed by atoms with E-state index in [0.29, 0.717) is 17.4 Å². The van der Waals surface area contributed by atoms with Crippen LogP contribution in [0.1, 0.15) is 50.7 Å². The monoisotopic (exact) mass is 310 g/mol. The summed E-state index contributed by atoms with van der Waals surface area (Å²) in [6.45, 7) is 6.41. The Balaban J connectivity index is 2.01. The van der Waals surface area contributed by atoms with Crippen LogP contribution in [0.4, 0.5) is 0 Å². The van der Waals surface area contributed by atoms with E-state index in [2.05, 4.69) is 23.9 Å². The molecule has 1 heterocycles. The number of hydrogen-bond acceptors (Lipinski definition) is 3. The largest absolute Gasteiger partial charge is 0.309 e. The van der Waals surface area contributed by atoms with Crippen molar-refractivity contribution in [3.8, 4) is 0 Å². The first-order chi connectivity index (χ1) is 10.1. The van der Waals surface area contributed by atoms with Gasteiger partial charge < -0.3 is 5.32 Å². The third-order valence-electron chi connectivity index (χ3n) is 4.22. The standard InChI is InChI=1S/C16H26N2O2S/c1-3-5-6-13(4-2)10-18-21(19,20)16-8-7-14-11-17-12-15(14)9-16/h7-9,13,17-18H,3-6,10-12H2,1-2H3. The van der Waals surface area contributed by atoms with Crippen LogP contribution < -0.4 is 10.0 Å². The molecule has 118 valence electrons. The summed E-state index contributed by atoms with van der Waals surface area (Å²) in [5.74, 6) is 0.427. The maximum Gasteiger partial charge on any atom is 0.240 e. The van der Waals surface area contributed by atoms with E-state index in [1.165, 1.54) is 5.56 Å². The van der Waals surface area contributed by atoms with Gasteiger partial charge in [-0.1, -0.05) is 39.2 Å². The number of benzene rings is 1. The third kappa shape index (κ3) is 4.28. The predicted octanol–water partition coefficient (Wildman–Crippen LogP) is 2.78. The molecule has 0 saturated heterocycles. The number of hydrogen-bond donors (Lipinski definition) is 2. The molecular weight excluding hydrogens is 284 g/mol. The molecule has 1 unspecified atom stereocenters. The van der Waals surface area contributed by atoms with E-state index in [4.69, 9.17) is 0 Å². The van der Waals surface area contributed by atoms with Crippen LogP contribution >= 0.6 is 0 Å². The topological polar surface area (TPSA) is 58.2 Å². The summed E-state index contributed by atoms with van der Waals surface area (Å²) < 4.78 is 27.6. The molecular formula is C16H26N2O2S. The van der Waals surface area contributed by atoms with Crippen LogP contribution in [-0.2, 0) is 23.1 Å². The van der Waals surface area contributed by atoms with Gasteiger partial charge in [-0.15, -0.1) is 0 Å². The maximum absolute atomic E-state index is 12.4. The Morgan fingerprint density at radius 3 is 2.71 bits per heavy atom. The minimum absolute atomic E-state index is 0.385. The predicted molar refractivity (Wildman–Crippen MR) is 85.5 cm³/mol. The molecule has 21 heavy (non-hydrogen) atoms. The Morgan fingerprint density at radius 1 is 1.24 bits per heavy atom. The van der Waals surface area contributed by atoms with Gasteiger partial charge in [0.15, 0.2) is 0 Å². The first kappa shape index (κ1) is 16.5. The number of fused-ring (bicyclic) bond motifs is 1. The number of nitrogens with one attached hydrogen (secondary N) is 2. The fourth-order valence-electron chi connectivity index (χ4n) is 2.69. The first-order valence-corrected chi connectivity index (χ1v) is 9.37. The molecule has 0 bridgehead atoms. The second-order valence-corrected chi connectivity index (χ2v) is 7.57. The Morgan fingerprint density at radius 2 is 2.00 bits per heavy atom. The van der Waals surface area contributed by atoms with E-state index in [-0.39, 0.29) is 0 Å². The van der Waals surface area contributed by atoms with E-state index in [1.54, 1.807) is 12.1 Å². The molecule has 1 atom stereocenters. The second-order valence-electron chi connectivity index (χ2n) is 5.80. The quantitative estimate of drug-likeness (QED) is 0.776. The van der Waals surface area contributed by atoms with Crippen molar-refractivity contribution in [1.29, 1.82) is 0 Å². The van der Waals surface area contributed by atoms with E-state index >= 15 is 0 Å². The highest BCUT2D eigenvalue weighted by Gasteiger charge is 2.19. The summed E-state index contributed by atoms with van der Waals surface area (Å²) in [5.41, 5.74) is 2.29. The lowest BCUT2D eigenvalue weighted by atomic mass is 10.00. The smallest absolute Gasteiger partial charge is 0.240 e. The highest BCUT2D eigenvalue weighted by molar-refractivity contribution is 7.89. The average molecular weight is 310 g/mol. The van der Waals surface area contributed by atoms with Crippen LogP contribution in [-0.4, -0.2) is 15.0 Å². The first-order valence-electron chi connectivity index (χ1n) is 7.89. The minimum atomic E-state index is -3.39. The zero-order valence-corrected chi connectivity index (χ0v) is 13.8. The van der Waals surface area contributed by atoms with Crippen LogP contribution in [0, 0.1) is 5.92 Å². The summed E-state index contributed by atoms with van der Waals surface area (Å²) in [7, 11) is -3.39. The second kappa shape index (κ2) is 7.38. The van der Waals surface area contributed by atoms with Crippen molar-refractivity contribution in [1.82, 2.24) is 10.0 Å². The molecule has 2 rings (SSSR count). The molecule has 0 aliphatic carbocycles. The van der Waals surface area contributed by atoms with Crippen LogP contribution in [0.5, 0.6) is 0 Å². The van der Waals surface area contributed by atoms with Crippen molar-refractivity contribution in [3.05, 3.63) is 29.3 Å². The average Bonchev–Trinajstić information content (AvgIpc) is 2.95. The molecule has 0 saturated carbocycles. The van der Waals surface area contributed by atoms with Gasteiger partial charge in [0, 0.05) is 19.6 Å². The van der Waals surface area contributed by atoms with E-state index in [1.807, 2.05) is 6.07 Å². The molecule has 5 heteroatoms. The number of sulfonamides is 1. The molecule has 2 N–H and O–H groups in total. The van der Waals surface area contributed by atoms with Gasteiger partial charge in [0.2, 0.25) is 10.0 Å². The van der Waals surface area contributed by atoms with Crippen LogP contribution in [0.25, 0.3) is 0 Å². The maximum atomic E-state index is 12.4. The minimum Gasteiger partial charge on any atom is -0.309 e. The molecule has 1 aliphatic heterocycles. The van der Waals surface area contributed by atoms with Crippen molar-refractivity contribution in [2.75, 3.05) is 6.54 Å². The van der Waals surface area contributed by atoms with E-state index in [0.717, 1.165) is 44.3 Å². The lowest BCUT2D eigenvalue weighted by Gasteiger charge is -2.15. The Hall–Kier alpha value is -0.910.